The van der Waals surface area contributed by atoms with E-state index in [9.17, 15) is 0 Å². The van der Waals surface area contributed by atoms with Gasteiger partial charge in [-0.3, -0.25) is 0 Å². The van der Waals surface area contributed by atoms with E-state index in [-0.39, 0.29) is 0 Å². The van der Waals surface area contributed by atoms with E-state index < -0.39 is 0 Å². The van der Waals surface area contributed by atoms with Crippen LogP contribution in [0.3, 0.4) is 0 Å². The number of rotatable bonds is 3. The quantitative estimate of drug-likeness (QED) is 0.646. The number of allylic oxidation sites excluding steroid dienone is 1. The van der Waals surface area contributed by atoms with Crippen LogP contribution < -0.4 is 0 Å². The third-order valence-corrected chi connectivity index (χ3v) is 1.85. The molecule has 13 heavy (non-hydrogen) atoms. The molecule has 0 N–H and O–H groups in total. The number of hydrogen-bond donors (Lipinski definition) is 0. The molecular weight excluding hydrogens is 156 g/mol. The van der Waals surface area contributed by atoms with E-state index in [4.69, 9.17) is 0 Å². The molecule has 1 aromatic carbocycles. The van der Waals surface area contributed by atoms with E-state index in [0.717, 1.165) is 0 Å². The lowest BCUT2D eigenvalue weighted by molar-refractivity contribution is 0.836. The van der Waals surface area contributed by atoms with Crippen molar-refractivity contribution in [3.05, 3.63) is 48.0 Å². The zero-order chi connectivity index (χ0) is 9.68. The van der Waals surface area contributed by atoms with Crippen LogP contribution in [0.15, 0.2) is 36.9 Å². The second kappa shape index (κ2) is 4.66. The summed E-state index contributed by atoms with van der Waals surface area (Å²) < 4.78 is 0. The van der Waals surface area contributed by atoms with Crippen LogP contribution in [0.2, 0.25) is 0 Å². The molecule has 0 unspecified atom stereocenters. The summed E-state index contributed by atoms with van der Waals surface area (Å²) in [6.45, 7) is 8.07. The molecule has 0 bridgehead atoms. The lowest BCUT2D eigenvalue weighted by Gasteiger charge is -1.96. The van der Waals surface area contributed by atoms with E-state index in [1.54, 1.807) is 0 Å². The minimum atomic E-state index is 0.610. The molecule has 0 aliphatic rings. The van der Waals surface area contributed by atoms with Crippen LogP contribution in [-0.4, -0.2) is 0 Å². The van der Waals surface area contributed by atoms with E-state index >= 15 is 0 Å². The van der Waals surface area contributed by atoms with Crippen LogP contribution >= 0.6 is 0 Å². The number of benzene rings is 1. The molecule has 0 amide bonds. The highest BCUT2D eigenvalue weighted by Gasteiger charge is 1.88. The fourth-order valence-corrected chi connectivity index (χ4v) is 1.05. The summed E-state index contributed by atoms with van der Waals surface area (Å²) in [5, 5.41) is 0. The van der Waals surface area contributed by atoms with Crippen LogP contribution in [0.1, 0.15) is 25.0 Å². The minimum absolute atomic E-state index is 0.610. The highest BCUT2D eigenvalue weighted by molar-refractivity contribution is 5.54. The predicted octanol–water partition coefficient (Wildman–Crippen LogP) is 4.00. The molecule has 0 aliphatic heterocycles. The van der Waals surface area contributed by atoms with Gasteiger partial charge in [-0.05, 0) is 17.0 Å². The van der Waals surface area contributed by atoms with Gasteiger partial charge >= 0.3 is 0 Å². The molecular formula is C13H16. The molecule has 0 aromatic heterocycles. The van der Waals surface area contributed by atoms with Gasteiger partial charge in [-0.1, -0.05) is 62.9 Å². The molecule has 0 saturated carbocycles. The summed E-state index contributed by atoms with van der Waals surface area (Å²) in [5.41, 5.74) is 2.42. The third-order valence-electron chi connectivity index (χ3n) is 1.85. The Balaban J connectivity index is 2.75. The Morgan fingerprint density at radius 2 is 1.62 bits per heavy atom. The zero-order valence-corrected chi connectivity index (χ0v) is 8.33. The topological polar surface area (TPSA) is 0 Å². The molecule has 0 fully saturated rings. The van der Waals surface area contributed by atoms with Crippen molar-refractivity contribution in [3.63, 3.8) is 0 Å². The highest BCUT2D eigenvalue weighted by atomic mass is 13.9. The van der Waals surface area contributed by atoms with Crippen molar-refractivity contribution >= 4 is 12.2 Å². The van der Waals surface area contributed by atoms with Gasteiger partial charge in [0, 0.05) is 0 Å². The standard InChI is InChI=1S/C13H16/c1-4-12-7-9-13(10-8-12)6-5-11(2)3/h4-11H,1H2,2-3H3/b6-5+. The van der Waals surface area contributed by atoms with Gasteiger partial charge in [0.1, 0.15) is 0 Å². The highest BCUT2D eigenvalue weighted by Crippen LogP contribution is 2.08. The van der Waals surface area contributed by atoms with Crippen molar-refractivity contribution in [3.8, 4) is 0 Å². The zero-order valence-electron chi connectivity index (χ0n) is 8.33. The normalized spacial score (nSPS) is 11.0. The van der Waals surface area contributed by atoms with E-state index in [2.05, 4.69) is 56.8 Å². The molecule has 1 rings (SSSR count). The Morgan fingerprint density at radius 3 is 2.08 bits per heavy atom. The average Bonchev–Trinajstić information content (AvgIpc) is 2.15. The maximum absolute atomic E-state index is 3.72. The molecule has 0 atom stereocenters. The van der Waals surface area contributed by atoms with Gasteiger partial charge in [-0.15, -0.1) is 0 Å². The van der Waals surface area contributed by atoms with Crippen LogP contribution in [0.5, 0.6) is 0 Å². The smallest absolute Gasteiger partial charge is 0.0259 e. The van der Waals surface area contributed by atoms with Crippen LogP contribution in [0, 0.1) is 5.92 Å². The molecule has 0 aliphatic carbocycles. The Bertz CT molecular complexity index is 288. The van der Waals surface area contributed by atoms with E-state index in [1.807, 2.05) is 6.08 Å². The first kappa shape index (κ1) is 9.79. The van der Waals surface area contributed by atoms with Gasteiger partial charge in [0.05, 0.1) is 0 Å². The van der Waals surface area contributed by atoms with Gasteiger partial charge in [-0.25, -0.2) is 0 Å². The van der Waals surface area contributed by atoms with Crippen molar-refractivity contribution in [1.82, 2.24) is 0 Å². The minimum Gasteiger partial charge on any atom is -0.0985 e. The predicted molar refractivity (Wildman–Crippen MR) is 60.4 cm³/mol. The molecule has 1 aromatic rings. The van der Waals surface area contributed by atoms with Crippen LogP contribution in [0.25, 0.3) is 12.2 Å². The van der Waals surface area contributed by atoms with Crippen molar-refractivity contribution < 1.29 is 0 Å². The summed E-state index contributed by atoms with van der Waals surface area (Å²) in [6, 6.07) is 8.37. The van der Waals surface area contributed by atoms with Crippen LogP contribution in [-0.2, 0) is 0 Å². The van der Waals surface area contributed by atoms with E-state index in [0.29, 0.717) is 5.92 Å². The van der Waals surface area contributed by atoms with Crippen molar-refractivity contribution in [2.24, 2.45) is 5.92 Å². The summed E-state index contributed by atoms with van der Waals surface area (Å²) in [5.74, 6) is 0.610. The third kappa shape index (κ3) is 3.29. The monoisotopic (exact) mass is 172 g/mol. The Morgan fingerprint density at radius 1 is 1.08 bits per heavy atom. The molecule has 0 radical (unpaired) electrons. The Kier molecular flexibility index (Phi) is 3.51. The van der Waals surface area contributed by atoms with Gasteiger partial charge in [0.25, 0.3) is 0 Å². The lowest BCUT2D eigenvalue weighted by atomic mass is 10.1. The molecule has 68 valence electrons. The first-order chi connectivity index (χ1) is 6.22. The average molecular weight is 172 g/mol. The largest absolute Gasteiger partial charge is 0.0985 e. The van der Waals surface area contributed by atoms with Crippen LogP contribution in [0.4, 0.5) is 0 Å². The first-order valence-corrected chi connectivity index (χ1v) is 4.63. The maximum Gasteiger partial charge on any atom is -0.0259 e. The summed E-state index contributed by atoms with van der Waals surface area (Å²) in [4.78, 5) is 0. The fraction of sp³-hybridized carbons (Fsp3) is 0.231. The Hall–Kier alpha value is -1.30. The second-order valence-electron chi connectivity index (χ2n) is 3.47. The first-order valence-electron chi connectivity index (χ1n) is 4.63. The van der Waals surface area contributed by atoms with Crippen molar-refractivity contribution in [2.75, 3.05) is 0 Å². The summed E-state index contributed by atoms with van der Waals surface area (Å²) in [7, 11) is 0. The Labute approximate surface area is 80.6 Å². The number of hydrogen-bond acceptors (Lipinski definition) is 0. The molecule has 0 saturated heterocycles. The summed E-state index contributed by atoms with van der Waals surface area (Å²) in [6.07, 6.45) is 6.20. The maximum atomic E-state index is 3.72. The van der Waals surface area contributed by atoms with Crippen molar-refractivity contribution in [1.29, 1.82) is 0 Å². The van der Waals surface area contributed by atoms with Gasteiger partial charge < -0.3 is 0 Å². The summed E-state index contributed by atoms with van der Waals surface area (Å²) >= 11 is 0. The van der Waals surface area contributed by atoms with Gasteiger partial charge in [0.2, 0.25) is 0 Å². The molecule has 0 nitrogen and oxygen atoms in total. The van der Waals surface area contributed by atoms with Crippen molar-refractivity contribution in [2.45, 2.75) is 13.8 Å². The fourth-order valence-electron chi connectivity index (χ4n) is 1.05. The molecule has 0 heteroatoms. The lowest BCUT2D eigenvalue weighted by Crippen LogP contribution is -1.78. The van der Waals surface area contributed by atoms with Gasteiger partial charge in [-0.2, -0.15) is 0 Å². The van der Waals surface area contributed by atoms with E-state index in [1.165, 1.54) is 11.1 Å². The SMILES string of the molecule is C=Cc1ccc(/C=C/C(C)C)cc1. The second-order valence-corrected chi connectivity index (χ2v) is 3.47. The molecule has 0 heterocycles. The van der Waals surface area contributed by atoms with Gasteiger partial charge in [0.15, 0.2) is 0 Å². The molecule has 0 spiro atoms.